The lowest BCUT2D eigenvalue weighted by Gasteiger charge is -2.61. The smallest absolute Gasteiger partial charge is 0.0661 e. The molecule has 0 saturated heterocycles. The van der Waals surface area contributed by atoms with E-state index in [1.165, 1.54) is 24.8 Å². The van der Waals surface area contributed by atoms with Crippen LogP contribution >= 0.6 is 11.6 Å². The molecule has 1 N–H and O–H groups in total. The van der Waals surface area contributed by atoms with Crippen molar-refractivity contribution < 1.29 is 4.74 Å². The molecule has 3 rings (SSSR count). The van der Waals surface area contributed by atoms with Crippen LogP contribution in [-0.4, -0.2) is 18.8 Å². The minimum Gasteiger partial charge on any atom is -0.378 e. The predicted octanol–water partition coefficient (Wildman–Crippen LogP) is 4.34. The van der Waals surface area contributed by atoms with Gasteiger partial charge < -0.3 is 10.1 Å². The standard InChI is InChI=1S/C17H24ClNO/c1-3-20-16-11-15(17(16)9-6-10-17)19-12(2)13-7-4-5-8-14(13)18/h4-5,7-8,12,15-16,19H,3,6,9-11H2,1-2H3. The zero-order valence-corrected chi connectivity index (χ0v) is 13.1. The van der Waals surface area contributed by atoms with Crippen molar-refractivity contribution in [2.75, 3.05) is 6.61 Å². The van der Waals surface area contributed by atoms with Gasteiger partial charge in [0.15, 0.2) is 0 Å². The SMILES string of the molecule is CCOC1CC(NC(C)c2ccccc2Cl)C12CCC2. The normalized spacial score (nSPS) is 28.8. The van der Waals surface area contributed by atoms with Gasteiger partial charge in [-0.2, -0.15) is 0 Å². The van der Waals surface area contributed by atoms with Gasteiger partial charge in [-0.15, -0.1) is 0 Å². The molecule has 0 aromatic heterocycles. The average molecular weight is 294 g/mol. The Kier molecular flexibility index (Phi) is 4.07. The highest BCUT2D eigenvalue weighted by atomic mass is 35.5. The van der Waals surface area contributed by atoms with Crippen LogP contribution in [0.1, 0.15) is 51.1 Å². The van der Waals surface area contributed by atoms with Crippen LogP contribution in [0, 0.1) is 5.41 Å². The van der Waals surface area contributed by atoms with Gasteiger partial charge in [0.2, 0.25) is 0 Å². The van der Waals surface area contributed by atoms with Crippen LogP contribution in [-0.2, 0) is 4.74 Å². The molecule has 3 unspecified atom stereocenters. The second-order valence-electron chi connectivity index (χ2n) is 6.23. The molecule has 3 heteroatoms. The molecule has 2 aliphatic rings. The third kappa shape index (κ3) is 2.28. The van der Waals surface area contributed by atoms with E-state index in [-0.39, 0.29) is 0 Å². The van der Waals surface area contributed by atoms with Gasteiger partial charge in [0, 0.05) is 29.1 Å². The Balaban J connectivity index is 1.66. The van der Waals surface area contributed by atoms with Crippen LogP contribution in [0.2, 0.25) is 5.02 Å². The van der Waals surface area contributed by atoms with Crippen molar-refractivity contribution in [1.29, 1.82) is 0 Å². The van der Waals surface area contributed by atoms with Crippen molar-refractivity contribution in [1.82, 2.24) is 5.32 Å². The van der Waals surface area contributed by atoms with E-state index in [0.717, 1.165) is 18.1 Å². The first-order valence-corrected chi connectivity index (χ1v) is 8.17. The second kappa shape index (κ2) is 5.67. The fourth-order valence-corrected chi connectivity index (χ4v) is 4.19. The third-order valence-corrected chi connectivity index (χ3v) is 5.60. The Hall–Kier alpha value is -0.570. The number of rotatable bonds is 5. The third-order valence-electron chi connectivity index (χ3n) is 5.26. The lowest BCUT2D eigenvalue weighted by Crippen LogP contribution is -2.67. The summed E-state index contributed by atoms with van der Waals surface area (Å²) in [7, 11) is 0. The van der Waals surface area contributed by atoms with E-state index in [2.05, 4.69) is 31.3 Å². The lowest BCUT2D eigenvalue weighted by molar-refractivity contribution is -0.174. The van der Waals surface area contributed by atoms with Gasteiger partial charge >= 0.3 is 0 Å². The quantitative estimate of drug-likeness (QED) is 0.872. The molecule has 110 valence electrons. The van der Waals surface area contributed by atoms with Crippen LogP contribution < -0.4 is 5.32 Å². The van der Waals surface area contributed by atoms with Crippen LogP contribution in [0.3, 0.4) is 0 Å². The molecular weight excluding hydrogens is 270 g/mol. The Morgan fingerprint density at radius 1 is 1.40 bits per heavy atom. The van der Waals surface area contributed by atoms with Gasteiger partial charge in [0.1, 0.15) is 0 Å². The van der Waals surface area contributed by atoms with Crippen molar-refractivity contribution in [2.24, 2.45) is 5.41 Å². The first kappa shape index (κ1) is 14.4. The molecule has 0 bridgehead atoms. The first-order valence-electron chi connectivity index (χ1n) is 7.79. The molecule has 2 nitrogen and oxygen atoms in total. The summed E-state index contributed by atoms with van der Waals surface area (Å²) in [4.78, 5) is 0. The Labute approximate surface area is 126 Å². The number of nitrogens with one attached hydrogen (secondary N) is 1. The highest BCUT2D eigenvalue weighted by Gasteiger charge is 2.58. The molecule has 3 atom stereocenters. The summed E-state index contributed by atoms with van der Waals surface area (Å²) in [6, 6.07) is 9.01. The fourth-order valence-electron chi connectivity index (χ4n) is 3.89. The van der Waals surface area contributed by atoms with Gasteiger partial charge in [0.25, 0.3) is 0 Å². The largest absolute Gasteiger partial charge is 0.378 e. The van der Waals surface area contributed by atoms with E-state index in [1.807, 2.05) is 12.1 Å². The van der Waals surface area contributed by atoms with E-state index < -0.39 is 0 Å². The molecule has 20 heavy (non-hydrogen) atoms. The number of benzene rings is 1. The predicted molar refractivity (Wildman–Crippen MR) is 83.1 cm³/mol. The Morgan fingerprint density at radius 2 is 2.15 bits per heavy atom. The molecule has 0 aliphatic heterocycles. The van der Waals surface area contributed by atoms with Crippen molar-refractivity contribution in [3.8, 4) is 0 Å². The Bertz CT molecular complexity index is 472. The first-order chi connectivity index (χ1) is 9.67. The molecular formula is C17H24ClNO. The Morgan fingerprint density at radius 3 is 2.75 bits per heavy atom. The maximum atomic E-state index is 6.30. The lowest BCUT2D eigenvalue weighted by atomic mass is 9.51. The highest BCUT2D eigenvalue weighted by molar-refractivity contribution is 6.31. The van der Waals surface area contributed by atoms with E-state index in [0.29, 0.717) is 23.6 Å². The maximum absolute atomic E-state index is 6.30. The number of ether oxygens (including phenoxy) is 1. The fraction of sp³-hybridized carbons (Fsp3) is 0.647. The summed E-state index contributed by atoms with van der Waals surface area (Å²) in [6.07, 6.45) is 5.58. The van der Waals surface area contributed by atoms with Gasteiger partial charge in [-0.3, -0.25) is 0 Å². The van der Waals surface area contributed by atoms with Gasteiger partial charge in [-0.1, -0.05) is 36.2 Å². The van der Waals surface area contributed by atoms with Crippen LogP contribution in [0.25, 0.3) is 0 Å². The molecule has 1 aromatic rings. The van der Waals surface area contributed by atoms with Crippen LogP contribution in [0.4, 0.5) is 0 Å². The monoisotopic (exact) mass is 293 g/mol. The van der Waals surface area contributed by atoms with Gasteiger partial charge in [-0.25, -0.2) is 0 Å². The summed E-state index contributed by atoms with van der Waals surface area (Å²) in [6.45, 7) is 5.14. The van der Waals surface area contributed by atoms with E-state index in [1.54, 1.807) is 0 Å². The summed E-state index contributed by atoms with van der Waals surface area (Å²) >= 11 is 6.30. The summed E-state index contributed by atoms with van der Waals surface area (Å²) < 4.78 is 5.91. The van der Waals surface area contributed by atoms with E-state index in [4.69, 9.17) is 16.3 Å². The van der Waals surface area contributed by atoms with Crippen molar-refractivity contribution in [3.63, 3.8) is 0 Å². The molecule has 0 radical (unpaired) electrons. The van der Waals surface area contributed by atoms with Gasteiger partial charge in [-0.05, 0) is 44.7 Å². The molecule has 1 spiro atoms. The highest BCUT2D eigenvalue weighted by Crippen LogP contribution is 2.57. The number of hydrogen-bond acceptors (Lipinski definition) is 2. The average Bonchev–Trinajstić information content (AvgIpc) is 2.35. The second-order valence-corrected chi connectivity index (χ2v) is 6.64. The van der Waals surface area contributed by atoms with E-state index in [9.17, 15) is 0 Å². The minimum absolute atomic E-state index is 0.300. The number of halogens is 1. The van der Waals surface area contributed by atoms with Crippen LogP contribution in [0.5, 0.6) is 0 Å². The maximum Gasteiger partial charge on any atom is 0.0661 e. The van der Waals surface area contributed by atoms with Crippen molar-refractivity contribution in [2.45, 2.75) is 57.7 Å². The topological polar surface area (TPSA) is 21.3 Å². The van der Waals surface area contributed by atoms with Crippen molar-refractivity contribution in [3.05, 3.63) is 34.9 Å². The summed E-state index contributed by atoms with van der Waals surface area (Å²) in [5.41, 5.74) is 1.61. The number of hydrogen-bond donors (Lipinski definition) is 1. The molecule has 0 heterocycles. The van der Waals surface area contributed by atoms with Crippen molar-refractivity contribution >= 4 is 11.6 Å². The molecule has 2 saturated carbocycles. The zero-order chi connectivity index (χ0) is 14.2. The molecule has 0 amide bonds. The zero-order valence-electron chi connectivity index (χ0n) is 12.4. The molecule has 1 aromatic carbocycles. The van der Waals surface area contributed by atoms with Crippen LogP contribution in [0.15, 0.2) is 24.3 Å². The molecule has 2 aliphatic carbocycles. The minimum atomic E-state index is 0.300. The van der Waals surface area contributed by atoms with E-state index >= 15 is 0 Å². The molecule has 2 fully saturated rings. The summed E-state index contributed by atoms with van der Waals surface area (Å²) in [5, 5.41) is 4.65. The summed E-state index contributed by atoms with van der Waals surface area (Å²) in [5.74, 6) is 0. The van der Waals surface area contributed by atoms with Gasteiger partial charge in [0.05, 0.1) is 6.10 Å².